The van der Waals surface area contributed by atoms with Gasteiger partial charge in [0.1, 0.15) is 5.82 Å². The fraction of sp³-hybridized carbons (Fsp3) is 0.688. The average molecular weight is 264 g/mol. The monoisotopic (exact) mass is 264 g/mol. The second kappa shape index (κ2) is 6.47. The zero-order valence-electron chi connectivity index (χ0n) is 12.2. The molecule has 0 aromatic carbocycles. The molecule has 0 radical (unpaired) electrons. The van der Waals surface area contributed by atoms with Crippen molar-refractivity contribution < 1.29 is 4.39 Å². The molecule has 1 atom stereocenters. The van der Waals surface area contributed by atoms with Crippen LogP contribution in [0.25, 0.3) is 0 Å². The molecule has 3 heteroatoms. The fourth-order valence-electron chi connectivity index (χ4n) is 3.01. The summed E-state index contributed by atoms with van der Waals surface area (Å²) in [4.78, 5) is 4.29. The maximum atomic E-state index is 13.0. The highest BCUT2D eigenvalue weighted by atomic mass is 19.1. The summed E-state index contributed by atoms with van der Waals surface area (Å²) < 4.78 is 13.0. The Hall–Kier alpha value is -0.960. The largest absolute Gasteiger partial charge is 0.306 e. The molecule has 2 nitrogen and oxygen atoms in total. The molecular weight excluding hydrogens is 239 g/mol. The maximum absolute atomic E-state index is 13.0. The van der Waals surface area contributed by atoms with Gasteiger partial charge in [-0.2, -0.15) is 0 Å². The van der Waals surface area contributed by atoms with Crippen molar-refractivity contribution in [3.63, 3.8) is 0 Å². The van der Waals surface area contributed by atoms with Gasteiger partial charge in [-0.25, -0.2) is 4.39 Å². The second-order valence-electron chi connectivity index (χ2n) is 6.22. The Morgan fingerprint density at radius 3 is 2.42 bits per heavy atom. The number of nitrogens with one attached hydrogen (secondary N) is 1. The normalized spacial score (nSPS) is 25.5. The Kier molecular flexibility index (Phi) is 4.92. The number of halogens is 1. The average Bonchev–Trinajstić information content (AvgIpc) is 2.38. The van der Waals surface area contributed by atoms with Crippen molar-refractivity contribution in [2.75, 3.05) is 0 Å². The van der Waals surface area contributed by atoms with Crippen LogP contribution < -0.4 is 5.32 Å². The van der Waals surface area contributed by atoms with E-state index < -0.39 is 0 Å². The van der Waals surface area contributed by atoms with Gasteiger partial charge < -0.3 is 5.32 Å². The third-order valence-electron chi connectivity index (χ3n) is 4.11. The van der Waals surface area contributed by atoms with Gasteiger partial charge in [0.05, 0.1) is 17.9 Å². The third kappa shape index (κ3) is 4.00. The minimum atomic E-state index is -0.260. The van der Waals surface area contributed by atoms with Gasteiger partial charge in [-0.3, -0.25) is 4.98 Å². The molecule has 2 rings (SSSR count). The highest BCUT2D eigenvalue weighted by Gasteiger charge is 2.28. The zero-order chi connectivity index (χ0) is 13.8. The second-order valence-corrected chi connectivity index (χ2v) is 6.22. The van der Waals surface area contributed by atoms with E-state index in [9.17, 15) is 4.39 Å². The van der Waals surface area contributed by atoms with Gasteiger partial charge in [-0.15, -0.1) is 0 Å². The molecule has 19 heavy (non-hydrogen) atoms. The van der Waals surface area contributed by atoms with Crippen LogP contribution in [-0.4, -0.2) is 11.0 Å². The molecule has 1 aromatic rings. The van der Waals surface area contributed by atoms with Crippen LogP contribution in [0.15, 0.2) is 18.3 Å². The highest BCUT2D eigenvalue weighted by molar-refractivity contribution is 5.11. The van der Waals surface area contributed by atoms with Crippen LogP contribution in [-0.2, 0) is 0 Å². The number of rotatable bonds is 4. The number of hydrogen-bond acceptors (Lipinski definition) is 2. The van der Waals surface area contributed by atoms with Crippen molar-refractivity contribution >= 4 is 0 Å². The first-order valence-corrected chi connectivity index (χ1v) is 7.43. The first-order valence-electron chi connectivity index (χ1n) is 7.43. The number of hydrogen-bond donors (Lipinski definition) is 1. The molecule has 1 fully saturated rings. The summed E-state index contributed by atoms with van der Waals surface area (Å²) >= 11 is 0. The Morgan fingerprint density at radius 2 is 1.89 bits per heavy atom. The molecule has 1 unspecified atom stereocenters. The van der Waals surface area contributed by atoms with E-state index in [0.29, 0.717) is 12.0 Å². The first-order chi connectivity index (χ1) is 9.06. The first kappa shape index (κ1) is 14.4. The SMILES string of the molecule is CC1CCC(C(NC(C)C)c2ccc(F)cn2)CC1. The molecule has 1 aliphatic carbocycles. The Balaban J connectivity index is 2.13. The van der Waals surface area contributed by atoms with Gasteiger partial charge in [0, 0.05) is 6.04 Å². The van der Waals surface area contributed by atoms with E-state index in [1.54, 1.807) is 0 Å². The van der Waals surface area contributed by atoms with E-state index >= 15 is 0 Å². The lowest BCUT2D eigenvalue weighted by Crippen LogP contribution is -2.35. The minimum Gasteiger partial charge on any atom is -0.306 e. The molecule has 0 aliphatic heterocycles. The van der Waals surface area contributed by atoms with Crippen LogP contribution in [0.4, 0.5) is 4.39 Å². The number of nitrogens with zero attached hydrogens (tertiary/aromatic N) is 1. The predicted molar refractivity (Wildman–Crippen MR) is 76.3 cm³/mol. The van der Waals surface area contributed by atoms with Crippen molar-refractivity contribution in [1.82, 2.24) is 10.3 Å². The third-order valence-corrected chi connectivity index (χ3v) is 4.11. The van der Waals surface area contributed by atoms with Crippen LogP contribution in [0.5, 0.6) is 0 Å². The van der Waals surface area contributed by atoms with Crippen LogP contribution in [0.1, 0.15) is 58.2 Å². The molecule has 1 saturated carbocycles. The lowest BCUT2D eigenvalue weighted by molar-refractivity contribution is 0.221. The van der Waals surface area contributed by atoms with Gasteiger partial charge in [-0.05, 0) is 36.8 Å². The van der Waals surface area contributed by atoms with Crippen molar-refractivity contribution in [2.24, 2.45) is 11.8 Å². The van der Waals surface area contributed by atoms with Gasteiger partial charge in [0.25, 0.3) is 0 Å². The summed E-state index contributed by atoms with van der Waals surface area (Å²) in [5.74, 6) is 1.21. The van der Waals surface area contributed by atoms with Crippen molar-refractivity contribution in [3.05, 3.63) is 29.8 Å². The van der Waals surface area contributed by atoms with E-state index in [-0.39, 0.29) is 11.9 Å². The van der Waals surface area contributed by atoms with Gasteiger partial charge in [0.2, 0.25) is 0 Å². The van der Waals surface area contributed by atoms with E-state index in [1.165, 1.54) is 37.9 Å². The van der Waals surface area contributed by atoms with Crippen LogP contribution in [0, 0.1) is 17.7 Å². The minimum absolute atomic E-state index is 0.257. The van der Waals surface area contributed by atoms with Gasteiger partial charge in [-0.1, -0.05) is 33.6 Å². The summed E-state index contributed by atoms with van der Waals surface area (Å²) in [7, 11) is 0. The quantitative estimate of drug-likeness (QED) is 0.886. The van der Waals surface area contributed by atoms with E-state index in [2.05, 4.69) is 31.1 Å². The summed E-state index contributed by atoms with van der Waals surface area (Å²) in [6, 6.07) is 4.01. The standard InChI is InChI=1S/C16H25FN2/c1-11(2)19-16(13-6-4-12(3)5-7-13)15-9-8-14(17)10-18-15/h8-13,16,19H,4-7H2,1-3H3. The lowest BCUT2D eigenvalue weighted by Gasteiger charge is -2.34. The summed E-state index contributed by atoms with van der Waals surface area (Å²) in [5, 5.41) is 3.62. The van der Waals surface area contributed by atoms with Gasteiger partial charge in [0.15, 0.2) is 0 Å². The van der Waals surface area contributed by atoms with E-state index in [0.717, 1.165) is 11.6 Å². The Labute approximate surface area is 115 Å². The highest BCUT2D eigenvalue weighted by Crippen LogP contribution is 2.36. The molecule has 106 valence electrons. The van der Waals surface area contributed by atoms with Gasteiger partial charge >= 0.3 is 0 Å². The number of aromatic nitrogens is 1. The molecule has 0 bridgehead atoms. The van der Waals surface area contributed by atoms with Crippen LogP contribution in [0.3, 0.4) is 0 Å². The summed E-state index contributed by atoms with van der Waals surface area (Å²) in [6.07, 6.45) is 6.40. The molecule has 0 saturated heterocycles. The molecule has 0 amide bonds. The topological polar surface area (TPSA) is 24.9 Å². The molecule has 1 heterocycles. The molecule has 0 spiro atoms. The lowest BCUT2D eigenvalue weighted by atomic mass is 9.78. The van der Waals surface area contributed by atoms with Crippen LogP contribution >= 0.6 is 0 Å². The smallest absolute Gasteiger partial charge is 0.141 e. The molecule has 1 aliphatic rings. The predicted octanol–water partition coefficient (Wildman–Crippen LogP) is 4.09. The maximum Gasteiger partial charge on any atom is 0.141 e. The number of pyridine rings is 1. The zero-order valence-corrected chi connectivity index (χ0v) is 12.2. The van der Waals surface area contributed by atoms with Crippen molar-refractivity contribution in [3.8, 4) is 0 Å². The van der Waals surface area contributed by atoms with Crippen molar-refractivity contribution in [1.29, 1.82) is 0 Å². The fourth-order valence-corrected chi connectivity index (χ4v) is 3.01. The van der Waals surface area contributed by atoms with Crippen molar-refractivity contribution in [2.45, 2.75) is 58.5 Å². The van der Waals surface area contributed by atoms with E-state index in [4.69, 9.17) is 0 Å². The Bertz CT molecular complexity index is 380. The summed E-state index contributed by atoms with van der Waals surface area (Å²) in [6.45, 7) is 6.64. The molecular formula is C16H25FN2. The summed E-state index contributed by atoms with van der Waals surface area (Å²) in [5.41, 5.74) is 0.981. The van der Waals surface area contributed by atoms with Crippen LogP contribution in [0.2, 0.25) is 0 Å². The molecule has 1 N–H and O–H groups in total. The Morgan fingerprint density at radius 1 is 1.21 bits per heavy atom. The molecule has 1 aromatic heterocycles. The van der Waals surface area contributed by atoms with E-state index in [1.807, 2.05) is 6.07 Å².